The van der Waals surface area contributed by atoms with E-state index in [0.29, 0.717) is 44.9 Å². The zero-order chi connectivity index (χ0) is 38.9. The third-order valence-electron chi connectivity index (χ3n) is 6.85. The van der Waals surface area contributed by atoms with Crippen LogP contribution in [0.4, 0.5) is 0 Å². The molecular formula is C37H41BIKN6O9. The van der Waals surface area contributed by atoms with Crippen LogP contribution in [0.25, 0.3) is 22.5 Å². The summed E-state index contributed by atoms with van der Waals surface area (Å²) in [4.78, 5) is 33.9. The van der Waals surface area contributed by atoms with Crippen molar-refractivity contribution in [3.05, 3.63) is 130 Å². The van der Waals surface area contributed by atoms with Crippen molar-refractivity contribution in [2.24, 2.45) is 21.1 Å². The van der Waals surface area contributed by atoms with E-state index in [1.54, 1.807) is 81.0 Å². The predicted octanol–water partition coefficient (Wildman–Crippen LogP) is 1.44. The van der Waals surface area contributed by atoms with Crippen LogP contribution >= 0.6 is 22.6 Å². The Labute approximate surface area is 375 Å². The van der Waals surface area contributed by atoms with Crippen LogP contribution in [0.5, 0.6) is 0 Å². The number of aromatic nitrogens is 6. The monoisotopic (exact) mass is 890 g/mol. The van der Waals surface area contributed by atoms with E-state index in [2.05, 4.69) is 15.3 Å². The molecule has 4 N–H and O–H groups in total. The molecule has 0 aliphatic rings. The fourth-order valence-corrected chi connectivity index (χ4v) is 5.24. The van der Waals surface area contributed by atoms with E-state index in [1.165, 1.54) is 10.9 Å². The number of hydrogen-bond donors (Lipinski definition) is 3. The van der Waals surface area contributed by atoms with E-state index in [-0.39, 0.29) is 74.4 Å². The molecule has 0 saturated heterocycles. The van der Waals surface area contributed by atoms with Crippen molar-refractivity contribution in [2.75, 3.05) is 13.2 Å². The topological polar surface area (TPSA) is 214 Å². The average molecular weight is 891 g/mol. The van der Waals surface area contributed by atoms with E-state index >= 15 is 0 Å². The summed E-state index contributed by atoms with van der Waals surface area (Å²) in [5.74, 6) is -1.60. The van der Waals surface area contributed by atoms with Crippen LogP contribution in [0.1, 0.15) is 44.9 Å². The number of carbonyl (C=O) groups is 3. The molecule has 3 heterocycles. The summed E-state index contributed by atoms with van der Waals surface area (Å²) >= 11 is 2.00. The number of carboxylic acids is 1. The Hall–Kier alpha value is -3.99. The maximum Gasteiger partial charge on any atom is 1.00 e. The molecule has 0 unspecified atom stereocenters. The van der Waals surface area contributed by atoms with Gasteiger partial charge < -0.3 is 30.1 Å². The number of carboxylic acid groups (broad SMARTS) is 1. The third-order valence-corrected chi connectivity index (χ3v) is 7.65. The predicted molar refractivity (Wildman–Crippen MR) is 210 cm³/mol. The number of nitrogens with zero attached hydrogens (tertiary/aromatic N) is 6. The van der Waals surface area contributed by atoms with Crippen LogP contribution < -0.4 is 56.8 Å². The third kappa shape index (κ3) is 15.6. The van der Waals surface area contributed by atoms with Crippen molar-refractivity contribution in [3.63, 3.8) is 0 Å². The van der Waals surface area contributed by atoms with E-state index in [1.807, 2.05) is 89.3 Å². The van der Waals surface area contributed by atoms with Gasteiger partial charge in [-0.15, -0.1) is 0 Å². The number of benzene rings is 3. The SMILES string of the molecule is CCOC(=O)c1cn(C)nc1-c1ccccc1.CCOC(=O)c1cn(C)nc1I.Cn1cc(C(=O)O)c(-c2ccccc2)n1.OB(O)c1ccccc1.[K+].[OH-]. The fraction of sp³-hybridized carbons (Fsp3) is 0.189. The molecule has 0 radical (unpaired) electrons. The van der Waals surface area contributed by atoms with Gasteiger partial charge in [-0.25, -0.2) is 14.4 Å². The summed E-state index contributed by atoms with van der Waals surface area (Å²) < 4.78 is 15.2. The smallest absolute Gasteiger partial charge is 0.870 e. The van der Waals surface area contributed by atoms with Gasteiger partial charge in [0.1, 0.15) is 31.8 Å². The minimum atomic E-state index is -1.34. The zero-order valence-electron chi connectivity index (χ0n) is 31.3. The van der Waals surface area contributed by atoms with Crippen LogP contribution in [-0.2, 0) is 30.6 Å². The normalized spacial score (nSPS) is 9.60. The van der Waals surface area contributed by atoms with Gasteiger partial charge in [0.2, 0.25) is 0 Å². The standard InChI is InChI=1S/C13H14N2O2.C11H10N2O2.C7H9IN2O2.C6H7BO2.K.H2O/c1-3-17-13(16)11-9-15(2)14-12(11)10-7-5-4-6-8-10;1-13-7-9(11(14)15)10(12-13)8-5-3-2-4-6-8;1-3-12-7(11)5-4-10(2)9-6(5)8;8-7(9)6-4-2-1-3-5-6;;/h4-9H,3H2,1-2H3;2-7H,1H3,(H,14,15);4H,3H2,1-2H3;1-5,8-9H;;1H2/q;;;;+1;/p-1. The van der Waals surface area contributed by atoms with Gasteiger partial charge >= 0.3 is 76.4 Å². The number of ether oxygens (including phenoxy) is 2. The first kappa shape index (κ1) is 49.0. The quantitative estimate of drug-likeness (QED) is 0.113. The van der Waals surface area contributed by atoms with Crippen molar-refractivity contribution in [3.8, 4) is 22.5 Å². The van der Waals surface area contributed by atoms with Crippen molar-refractivity contribution < 1.29 is 95.9 Å². The molecule has 0 fully saturated rings. The number of aromatic carboxylic acids is 1. The van der Waals surface area contributed by atoms with Gasteiger partial charge in [-0.1, -0.05) is 91.0 Å². The minimum absolute atomic E-state index is 0. The minimum Gasteiger partial charge on any atom is -0.870 e. The Balaban J connectivity index is 0.000000371. The van der Waals surface area contributed by atoms with Crippen LogP contribution in [0.2, 0.25) is 0 Å². The van der Waals surface area contributed by atoms with Crippen molar-refractivity contribution in [2.45, 2.75) is 13.8 Å². The van der Waals surface area contributed by atoms with Crippen molar-refractivity contribution in [1.29, 1.82) is 0 Å². The zero-order valence-corrected chi connectivity index (χ0v) is 36.6. The molecule has 0 aliphatic heterocycles. The number of esters is 2. The number of aryl methyl sites for hydroxylation is 3. The Bertz CT molecular complexity index is 2060. The van der Waals surface area contributed by atoms with Gasteiger partial charge in [0, 0.05) is 50.9 Å². The molecule has 15 nitrogen and oxygen atoms in total. The first-order valence-corrected chi connectivity index (χ1v) is 17.3. The van der Waals surface area contributed by atoms with E-state index in [0.717, 1.165) is 11.1 Å². The summed E-state index contributed by atoms with van der Waals surface area (Å²) in [7, 11) is 3.92. The largest absolute Gasteiger partial charge is 1.00 e. The second-order valence-corrected chi connectivity index (χ2v) is 11.9. The Morgan fingerprint density at radius 2 is 1.00 bits per heavy atom. The van der Waals surface area contributed by atoms with E-state index in [4.69, 9.17) is 24.6 Å². The summed E-state index contributed by atoms with van der Waals surface area (Å²) in [6.07, 6.45) is 4.84. The molecule has 55 heavy (non-hydrogen) atoms. The maximum absolute atomic E-state index is 11.8. The molecule has 0 saturated carbocycles. The summed E-state index contributed by atoms with van der Waals surface area (Å²) in [5.41, 5.74) is 4.67. The molecule has 284 valence electrons. The molecule has 0 bridgehead atoms. The van der Waals surface area contributed by atoms with Gasteiger partial charge in [-0.3, -0.25) is 14.0 Å². The Morgan fingerprint density at radius 3 is 1.36 bits per heavy atom. The van der Waals surface area contributed by atoms with Crippen LogP contribution in [0.3, 0.4) is 0 Å². The van der Waals surface area contributed by atoms with E-state index < -0.39 is 13.1 Å². The summed E-state index contributed by atoms with van der Waals surface area (Å²) in [6.45, 7) is 4.32. The van der Waals surface area contributed by atoms with Crippen molar-refractivity contribution in [1.82, 2.24) is 29.3 Å². The van der Waals surface area contributed by atoms with Gasteiger partial charge in [-0.05, 0) is 41.9 Å². The van der Waals surface area contributed by atoms with Crippen LogP contribution in [0, 0.1) is 3.70 Å². The van der Waals surface area contributed by atoms with E-state index in [9.17, 15) is 14.4 Å². The number of rotatable bonds is 8. The molecular weight excluding hydrogens is 849 g/mol. The molecule has 6 aromatic rings. The molecule has 6 rings (SSSR count). The summed E-state index contributed by atoms with van der Waals surface area (Å²) in [6, 6.07) is 27.5. The second-order valence-electron chi connectivity index (χ2n) is 10.9. The Kier molecular flexibility index (Phi) is 22.5. The maximum atomic E-state index is 11.8. The average Bonchev–Trinajstić information content (AvgIpc) is 3.85. The van der Waals surface area contributed by atoms with Crippen molar-refractivity contribution >= 4 is 53.1 Å². The first-order valence-electron chi connectivity index (χ1n) is 16.2. The summed E-state index contributed by atoms with van der Waals surface area (Å²) in [5, 5.41) is 38.6. The van der Waals surface area contributed by atoms with Gasteiger partial charge in [0.15, 0.2) is 0 Å². The molecule has 3 aromatic carbocycles. The van der Waals surface area contributed by atoms with Gasteiger partial charge in [-0.2, -0.15) is 15.3 Å². The van der Waals surface area contributed by atoms with Crippen LogP contribution in [-0.4, -0.2) is 88.2 Å². The first-order chi connectivity index (χ1) is 25.4. The van der Waals surface area contributed by atoms with Gasteiger partial charge in [0.05, 0.1) is 13.2 Å². The molecule has 18 heteroatoms. The number of halogens is 1. The van der Waals surface area contributed by atoms with Crippen LogP contribution in [0.15, 0.2) is 110 Å². The molecule has 3 aromatic heterocycles. The van der Waals surface area contributed by atoms with Gasteiger partial charge in [0.25, 0.3) is 0 Å². The fourth-order valence-electron chi connectivity index (χ4n) is 4.54. The second kappa shape index (κ2) is 25.2. The molecule has 0 atom stereocenters. The Morgan fingerprint density at radius 1 is 0.636 bits per heavy atom. The molecule has 0 spiro atoms. The number of hydrogen-bond acceptors (Lipinski definition) is 11. The molecule has 0 aliphatic carbocycles. The molecule has 0 amide bonds. The number of carbonyl (C=O) groups excluding carboxylic acids is 2.